The second-order valence-electron chi connectivity index (χ2n) is 0.946. The Kier molecular flexibility index (Phi) is 4.33. The molecule has 0 atom stereocenters. The second kappa shape index (κ2) is 5.03. The van der Waals surface area contributed by atoms with E-state index in [0.717, 1.165) is 0 Å². The zero-order valence-corrected chi connectivity index (χ0v) is 4.05. The standard InChI is InChI=1S/C5H7NO/c1-2-7-5-3-4-6/h2H,1,3,5H2. The molecule has 0 saturated carbocycles. The van der Waals surface area contributed by atoms with Crippen molar-refractivity contribution in [2.45, 2.75) is 6.42 Å². The first-order valence-electron chi connectivity index (χ1n) is 2.01. The molecule has 0 bridgehead atoms. The van der Waals surface area contributed by atoms with E-state index in [0.29, 0.717) is 13.0 Å². The number of rotatable bonds is 3. The van der Waals surface area contributed by atoms with Crippen molar-refractivity contribution in [3.8, 4) is 6.07 Å². The highest BCUT2D eigenvalue weighted by atomic mass is 16.5. The molecule has 0 aromatic rings. The first-order chi connectivity index (χ1) is 3.41. The number of nitrogens with zero attached hydrogens (tertiary/aromatic N) is 1. The Balaban J connectivity index is 2.72. The van der Waals surface area contributed by atoms with Gasteiger partial charge in [-0.15, -0.1) is 0 Å². The monoisotopic (exact) mass is 97.1 g/mol. The van der Waals surface area contributed by atoms with Gasteiger partial charge < -0.3 is 4.74 Å². The third-order valence-electron chi connectivity index (χ3n) is 0.450. The average molecular weight is 97.1 g/mol. The van der Waals surface area contributed by atoms with E-state index >= 15 is 0 Å². The van der Waals surface area contributed by atoms with Crippen LogP contribution in [0.3, 0.4) is 0 Å². The minimum Gasteiger partial charge on any atom is -0.501 e. The normalized spacial score (nSPS) is 6.71. The van der Waals surface area contributed by atoms with E-state index in [1.54, 1.807) is 0 Å². The third kappa shape index (κ3) is 5.03. The molecule has 0 rings (SSSR count). The van der Waals surface area contributed by atoms with Crippen LogP contribution in [0, 0.1) is 11.3 Å². The first-order valence-corrected chi connectivity index (χ1v) is 2.01. The topological polar surface area (TPSA) is 33.0 Å². The Morgan fingerprint density at radius 1 is 1.86 bits per heavy atom. The quantitative estimate of drug-likeness (QED) is 0.389. The molecule has 0 aromatic carbocycles. The molecule has 0 aliphatic rings. The van der Waals surface area contributed by atoms with Gasteiger partial charge >= 0.3 is 0 Å². The lowest BCUT2D eigenvalue weighted by Crippen LogP contribution is -1.81. The number of ether oxygens (including phenoxy) is 1. The van der Waals surface area contributed by atoms with E-state index < -0.39 is 0 Å². The lowest BCUT2D eigenvalue weighted by atomic mass is 10.5. The molecule has 0 heterocycles. The summed E-state index contributed by atoms with van der Waals surface area (Å²) in [6, 6.07) is 1.93. The molecular weight excluding hydrogens is 90.1 g/mol. The molecule has 7 heavy (non-hydrogen) atoms. The van der Waals surface area contributed by atoms with Gasteiger partial charge in [0.1, 0.15) is 6.61 Å². The lowest BCUT2D eigenvalue weighted by Gasteiger charge is -1.88. The molecule has 2 heteroatoms. The average Bonchev–Trinajstić information content (AvgIpc) is 1.69. The van der Waals surface area contributed by atoms with Gasteiger partial charge in [0.25, 0.3) is 0 Å². The third-order valence-corrected chi connectivity index (χ3v) is 0.450. The molecule has 38 valence electrons. The summed E-state index contributed by atoms with van der Waals surface area (Å²) in [5, 5.41) is 7.93. The molecule has 0 amide bonds. The van der Waals surface area contributed by atoms with Gasteiger partial charge in [0.2, 0.25) is 0 Å². The maximum absolute atomic E-state index is 7.93. The molecule has 0 aliphatic heterocycles. The van der Waals surface area contributed by atoms with Crippen LogP contribution in [0.2, 0.25) is 0 Å². The van der Waals surface area contributed by atoms with Crippen molar-refractivity contribution >= 4 is 0 Å². The SMILES string of the molecule is C=COCCC#N. The van der Waals surface area contributed by atoms with Crippen LogP contribution < -0.4 is 0 Å². The zero-order valence-electron chi connectivity index (χ0n) is 4.05. The van der Waals surface area contributed by atoms with Crippen molar-refractivity contribution in [2.75, 3.05) is 6.61 Å². The Morgan fingerprint density at radius 3 is 3.00 bits per heavy atom. The number of hydrogen-bond acceptors (Lipinski definition) is 2. The summed E-state index contributed by atoms with van der Waals surface area (Å²) in [7, 11) is 0. The van der Waals surface area contributed by atoms with E-state index in [1.165, 1.54) is 6.26 Å². The molecule has 0 unspecified atom stereocenters. The highest BCUT2D eigenvalue weighted by Gasteiger charge is 1.75. The van der Waals surface area contributed by atoms with Gasteiger partial charge in [0.05, 0.1) is 18.8 Å². The molecule has 0 saturated heterocycles. The fourth-order valence-electron chi connectivity index (χ4n) is 0.188. The van der Waals surface area contributed by atoms with Gasteiger partial charge in [0, 0.05) is 0 Å². The summed E-state index contributed by atoms with van der Waals surface area (Å²) < 4.78 is 4.62. The van der Waals surface area contributed by atoms with Gasteiger partial charge in [-0.1, -0.05) is 6.58 Å². The summed E-state index contributed by atoms with van der Waals surface area (Å²) in [6.45, 7) is 3.76. The molecule has 0 N–H and O–H groups in total. The summed E-state index contributed by atoms with van der Waals surface area (Å²) in [5.74, 6) is 0. The fourth-order valence-corrected chi connectivity index (χ4v) is 0.188. The van der Waals surface area contributed by atoms with Crippen LogP contribution in [0.5, 0.6) is 0 Å². The van der Waals surface area contributed by atoms with E-state index in [9.17, 15) is 0 Å². The molecule has 2 nitrogen and oxygen atoms in total. The number of nitriles is 1. The van der Waals surface area contributed by atoms with Crippen LogP contribution in [0.4, 0.5) is 0 Å². The largest absolute Gasteiger partial charge is 0.501 e. The van der Waals surface area contributed by atoms with E-state index in [4.69, 9.17) is 5.26 Å². The van der Waals surface area contributed by atoms with Crippen molar-refractivity contribution in [3.63, 3.8) is 0 Å². The van der Waals surface area contributed by atoms with Gasteiger partial charge in [0.15, 0.2) is 0 Å². The Bertz CT molecular complexity index is 82.6. The Labute approximate surface area is 43.0 Å². The van der Waals surface area contributed by atoms with Crippen molar-refractivity contribution in [3.05, 3.63) is 12.8 Å². The van der Waals surface area contributed by atoms with Crippen LogP contribution in [0.25, 0.3) is 0 Å². The maximum Gasteiger partial charge on any atom is 0.100 e. The molecule has 0 fully saturated rings. The summed E-state index contributed by atoms with van der Waals surface area (Å²) in [4.78, 5) is 0. The van der Waals surface area contributed by atoms with Crippen molar-refractivity contribution in [2.24, 2.45) is 0 Å². The van der Waals surface area contributed by atoms with Gasteiger partial charge in [-0.05, 0) is 0 Å². The predicted molar refractivity (Wildman–Crippen MR) is 26.4 cm³/mol. The van der Waals surface area contributed by atoms with E-state index in [-0.39, 0.29) is 0 Å². The number of hydrogen-bond donors (Lipinski definition) is 0. The lowest BCUT2D eigenvalue weighted by molar-refractivity contribution is 0.259. The van der Waals surface area contributed by atoms with Crippen LogP contribution in [0.15, 0.2) is 12.8 Å². The smallest absolute Gasteiger partial charge is 0.100 e. The summed E-state index contributed by atoms with van der Waals surface area (Å²) in [5.41, 5.74) is 0. The maximum atomic E-state index is 7.93. The van der Waals surface area contributed by atoms with E-state index in [2.05, 4.69) is 11.3 Å². The van der Waals surface area contributed by atoms with Crippen LogP contribution in [0.1, 0.15) is 6.42 Å². The molecule has 0 aromatic heterocycles. The second-order valence-corrected chi connectivity index (χ2v) is 0.946. The highest BCUT2D eigenvalue weighted by Crippen LogP contribution is 1.76. The van der Waals surface area contributed by atoms with Crippen molar-refractivity contribution < 1.29 is 4.74 Å². The Morgan fingerprint density at radius 2 is 2.57 bits per heavy atom. The molecule has 0 aliphatic carbocycles. The highest BCUT2D eigenvalue weighted by molar-refractivity contribution is 4.68. The Hall–Kier alpha value is -0.970. The van der Waals surface area contributed by atoms with Gasteiger partial charge in [-0.2, -0.15) is 5.26 Å². The van der Waals surface area contributed by atoms with E-state index in [1.807, 2.05) is 6.07 Å². The zero-order chi connectivity index (χ0) is 5.54. The van der Waals surface area contributed by atoms with Crippen LogP contribution in [-0.4, -0.2) is 6.61 Å². The predicted octanol–water partition coefficient (Wildman–Crippen LogP) is 1.06. The molecule has 0 spiro atoms. The van der Waals surface area contributed by atoms with Crippen LogP contribution >= 0.6 is 0 Å². The minimum absolute atomic E-state index is 0.437. The fraction of sp³-hybridized carbons (Fsp3) is 0.400. The van der Waals surface area contributed by atoms with Gasteiger partial charge in [-0.25, -0.2) is 0 Å². The van der Waals surface area contributed by atoms with Crippen molar-refractivity contribution in [1.29, 1.82) is 5.26 Å². The minimum atomic E-state index is 0.437. The van der Waals surface area contributed by atoms with Gasteiger partial charge in [-0.3, -0.25) is 0 Å². The molecular formula is C5H7NO. The summed E-state index contributed by atoms with van der Waals surface area (Å²) >= 11 is 0. The summed E-state index contributed by atoms with van der Waals surface area (Å²) in [6.07, 6.45) is 1.77. The molecule has 0 radical (unpaired) electrons. The van der Waals surface area contributed by atoms with Crippen LogP contribution in [-0.2, 0) is 4.74 Å². The van der Waals surface area contributed by atoms with Crippen molar-refractivity contribution in [1.82, 2.24) is 0 Å². The first kappa shape index (κ1) is 6.03.